The van der Waals surface area contributed by atoms with Gasteiger partial charge in [-0.25, -0.2) is 4.39 Å². The number of carbonyl (C=O) groups is 2. The fourth-order valence-corrected chi connectivity index (χ4v) is 3.75. The first-order chi connectivity index (χ1) is 15.7. The van der Waals surface area contributed by atoms with Crippen LogP contribution < -0.4 is 15.5 Å². The Bertz CT molecular complexity index is 1200. The van der Waals surface area contributed by atoms with Gasteiger partial charge in [0, 0.05) is 18.5 Å². The molecular formula is C24H19F4N3O2. The van der Waals surface area contributed by atoms with Crippen LogP contribution in [0.15, 0.2) is 66.7 Å². The van der Waals surface area contributed by atoms with Crippen LogP contribution in [0.5, 0.6) is 0 Å². The van der Waals surface area contributed by atoms with Crippen molar-refractivity contribution in [2.24, 2.45) is 0 Å². The highest BCUT2D eigenvalue weighted by atomic mass is 19.4. The van der Waals surface area contributed by atoms with Crippen molar-refractivity contribution in [3.05, 3.63) is 78.1 Å². The van der Waals surface area contributed by atoms with Gasteiger partial charge in [-0.05, 0) is 29.8 Å². The first-order valence-corrected chi connectivity index (χ1v) is 10.1. The molecule has 0 spiro atoms. The minimum atomic E-state index is -4.86. The molecule has 170 valence electrons. The lowest BCUT2D eigenvalue weighted by atomic mass is 10.0. The molecule has 3 aromatic rings. The topological polar surface area (TPSA) is 61.4 Å². The van der Waals surface area contributed by atoms with Crippen LogP contribution in [-0.4, -0.2) is 24.9 Å². The number of hydrogen-bond donors (Lipinski definition) is 2. The lowest BCUT2D eigenvalue weighted by Crippen LogP contribution is -2.38. The number of anilines is 3. The van der Waals surface area contributed by atoms with Gasteiger partial charge in [0.2, 0.25) is 11.8 Å². The largest absolute Gasteiger partial charge is 0.418 e. The van der Waals surface area contributed by atoms with E-state index in [0.29, 0.717) is 29.5 Å². The highest BCUT2D eigenvalue weighted by Crippen LogP contribution is 2.39. The van der Waals surface area contributed by atoms with E-state index >= 15 is 0 Å². The van der Waals surface area contributed by atoms with E-state index in [4.69, 9.17) is 0 Å². The maximum Gasteiger partial charge on any atom is 0.418 e. The van der Waals surface area contributed by atoms with Gasteiger partial charge in [0.25, 0.3) is 0 Å². The predicted octanol–water partition coefficient (Wildman–Crippen LogP) is 5.30. The van der Waals surface area contributed by atoms with Gasteiger partial charge in [0.15, 0.2) is 0 Å². The molecule has 0 saturated carbocycles. The molecule has 0 unspecified atom stereocenters. The fraction of sp³-hybridized carbons (Fsp3) is 0.167. The van der Waals surface area contributed by atoms with Crippen LogP contribution in [0, 0.1) is 5.82 Å². The van der Waals surface area contributed by atoms with E-state index in [9.17, 15) is 27.2 Å². The summed E-state index contributed by atoms with van der Waals surface area (Å²) in [5.74, 6) is -2.26. The molecule has 0 aromatic heterocycles. The molecule has 0 fully saturated rings. The van der Waals surface area contributed by atoms with Gasteiger partial charge in [0.1, 0.15) is 12.4 Å². The number of benzene rings is 3. The molecule has 0 bridgehead atoms. The predicted molar refractivity (Wildman–Crippen MR) is 117 cm³/mol. The van der Waals surface area contributed by atoms with Crippen molar-refractivity contribution in [3.8, 4) is 11.1 Å². The maximum atomic E-state index is 13.4. The van der Waals surface area contributed by atoms with E-state index in [-0.39, 0.29) is 12.3 Å². The second-order valence-electron chi connectivity index (χ2n) is 7.46. The second-order valence-corrected chi connectivity index (χ2v) is 7.46. The number of nitrogens with one attached hydrogen (secondary N) is 2. The normalized spacial score (nSPS) is 13.7. The summed E-state index contributed by atoms with van der Waals surface area (Å²) in [6.07, 6.45) is -4.76. The Morgan fingerprint density at radius 3 is 2.52 bits per heavy atom. The summed E-state index contributed by atoms with van der Waals surface area (Å²) in [6.45, 7) is -0.162. The molecule has 33 heavy (non-hydrogen) atoms. The summed E-state index contributed by atoms with van der Waals surface area (Å²) < 4.78 is 53.3. The number of nitrogens with zero attached hydrogens (tertiary/aromatic N) is 1. The molecular weight excluding hydrogens is 438 g/mol. The number of para-hydroxylation sites is 1. The van der Waals surface area contributed by atoms with Crippen LogP contribution in [0.2, 0.25) is 0 Å². The number of alkyl halides is 3. The number of carbonyl (C=O) groups excluding carboxylic acids is 2. The molecule has 2 N–H and O–H groups in total. The van der Waals surface area contributed by atoms with Crippen molar-refractivity contribution in [3.63, 3.8) is 0 Å². The summed E-state index contributed by atoms with van der Waals surface area (Å²) >= 11 is 0. The average Bonchev–Trinajstić information content (AvgIpc) is 2.93. The highest BCUT2D eigenvalue weighted by molar-refractivity contribution is 6.08. The van der Waals surface area contributed by atoms with Gasteiger partial charge in [-0.2, -0.15) is 13.2 Å². The zero-order valence-electron chi connectivity index (χ0n) is 17.2. The van der Waals surface area contributed by atoms with Crippen LogP contribution in [0.3, 0.4) is 0 Å². The molecule has 9 heteroatoms. The van der Waals surface area contributed by atoms with E-state index in [1.165, 1.54) is 4.90 Å². The molecule has 5 nitrogen and oxygen atoms in total. The van der Waals surface area contributed by atoms with Crippen LogP contribution in [0.1, 0.15) is 12.0 Å². The molecule has 1 aliphatic rings. The van der Waals surface area contributed by atoms with E-state index in [0.717, 1.165) is 17.7 Å². The SMILES string of the molecule is O=C(CN1C(=O)CCNc2cccc(-c3ccccc3)c21)Nc1ccc(F)cc1C(F)(F)F. The van der Waals surface area contributed by atoms with E-state index < -0.39 is 35.7 Å². The van der Waals surface area contributed by atoms with Crippen LogP contribution in [0.4, 0.5) is 34.6 Å². The molecule has 0 radical (unpaired) electrons. The lowest BCUT2D eigenvalue weighted by molar-refractivity contribution is -0.137. The molecule has 2 amide bonds. The van der Waals surface area contributed by atoms with Gasteiger partial charge >= 0.3 is 6.18 Å². The summed E-state index contributed by atoms with van der Waals surface area (Å²) in [6, 6.07) is 16.6. The first kappa shape index (κ1) is 22.3. The van der Waals surface area contributed by atoms with Gasteiger partial charge in [-0.15, -0.1) is 0 Å². The zero-order chi connectivity index (χ0) is 23.6. The standard InChI is InChI=1S/C24H19F4N3O2/c25-16-9-10-19(18(13-16)24(26,27)28)30-21(32)14-31-22(33)11-12-29-20-8-4-7-17(23(20)31)15-5-2-1-3-6-15/h1-10,13,29H,11-12,14H2,(H,30,32). The Morgan fingerprint density at radius 2 is 1.79 bits per heavy atom. The minimum Gasteiger partial charge on any atom is -0.383 e. The molecule has 0 aliphatic carbocycles. The maximum absolute atomic E-state index is 13.4. The third-order valence-electron chi connectivity index (χ3n) is 5.21. The Hall–Kier alpha value is -3.88. The smallest absolute Gasteiger partial charge is 0.383 e. The van der Waals surface area contributed by atoms with Crippen LogP contribution in [0.25, 0.3) is 11.1 Å². The van der Waals surface area contributed by atoms with Crippen molar-refractivity contribution in [2.75, 3.05) is 28.6 Å². The van der Waals surface area contributed by atoms with Gasteiger partial charge in [-0.1, -0.05) is 42.5 Å². The highest BCUT2D eigenvalue weighted by Gasteiger charge is 2.35. The third kappa shape index (κ3) is 4.82. The summed E-state index contributed by atoms with van der Waals surface area (Å²) in [4.78, 5) is 26.9. The minimum absolute atomic E-state index is 0.0978. The van der Waals surface area contributed by atoms with Crippen LogP contribution >= 0.6 is 0 Å². The molecule has 3 aromatic carbocycles. The monoisotopic (exact) mass is 457 g/mol. The number of amides is 2. The number of fused-ring (bicyclic) bond motifs is 1. The number of halogens is 4. The lowest BCUT2D eigenvalue weighted by Gasteiger charge is -2.25. The van der Waals surface area contributed by atoms with Crippen molar-refractivity contribution < 1.29 is 27.2 Å². The third-order valence-corrected chi connectivity index (χ3v) is 5.21. The van der Waals surface area contributed by atoms with Gasteiger partial charge in [-0.3, -0.25) is 9.59 Å². The Labute approximate surface area is 187 Å². The van der Waals surface area contributed by atoms with Crippen LogP contribution in [-0.2, 0) is 15.8 Å². The molecule has 1 heterocycles. The molecule has 1 aliphatic heterocycles. The van der Waals surface area contributed by atoms with Crippen molar-refractivity contribution >= 4 is 28.9 Å². The van der Waals surface area contributed by atoms with Gasteiger partial charge < -0.3 is 15.5 Å². The first-order valence-electron chi connectivity index (χ1n) is 10.1. The Kier molecular flexibility index (Phi) is 6.04. The van der Waals surface area contributed by atoms with Crippen molar-refractivity contribution in [2.45, 2.75) is 12.6 Å². The Balaban J connectivity index is 1.69. The fourth-order valence-electron chi connectivity index (χ4n) is 3.75. The van der Waals surface area contributed by atoms with Crippen molar-refractivity contribution in [1.29, 1.82) is 0 Å². The van der Waals surface area contributed by atoms with E-state index in [1.807, 2.05) is 36.4 Å². The second kappa shape index (κ2) is 8.93. The van der Waals surface area contributed by atoms with E-state index in [1.54, 1.807) is 12.1 Å². The van der Waals surface area contributed by atoms with Crippen molar-refractivity contribution in [1.82, 2.24) is 0 Å². The zero-order valence-corrected chi connectivity index (χ0v) is 17.2. The Morgan fingerprint density at radius 1 is 1.03 bits per heavy atom. The quantitative estimate of drug-likeness (QED) is 0.523. The summed E-state index contributed by atoms with van der Waals surface area (Å²) in [7, 11) is 0. The number of hydrogen-bond acceptors (Lipinski definition) is 3. The van der Waals surface area contributed by atoms with Gasteiger partial charge in [0.05, 0.1) is 22.6 Å². The molecule has 4 rings (SSSR count). The number of rotatable bonds is 4. The van der Waals surface area contributed by atoms with E-state index in [2.05, 4.69) is 10.6 Å². The molecule has 0 saturated heterocycles. The molecule has 0 atom stereocenters. The average molecular weight is 457 g/mol. The summed E-state index contributed by atoms with van der Waals surface area (Å²) in [5, 5.41) is 5.35. The summed E-state index contributed by atoms with van der Waals surface area (Å²) in [5.41, 5.74) is 0.732.